The van der Waals surface area contributed by atoms with Gasteiger partial charge in [0, 0.05) is 36.9 Å². The van der Waals surface area contributed by atoms with Crippen LogP contribution in [0.4, 0.5) is 5.69 Å². The monoisotopic (exact) mass is 396 g/mol. The molecule has 4 rings (SSSR count). The van der Waals surface area contributed by atoms with Gasteiger partial charge >= 0.3 is 0 Å². The van der Waals surface area contributed by atoms with Gasteiger partial charge in [-0.1, -0.05) is 29.8 Å². The third-order valence-electron chi connectivity index (χ3n) is 5.93. The van der Waals surface area contributed by atoms with Gasteiger partial charge in [-0.2, -0.15) is 0 Å². The Morgan fingerprint density at radius 3 is 2.68 bits per heavy atom. The van der Waals surface area contributed by atoms with Crippen LogP contribution >= 0.6 is 11.6 Å². The van der Waals surface area contributed by atoms with E-state index in [1.807, 2.05) is 12.1 Å². The molecular formula is C24H29ClN2O. The van der Waals surface area contributed by atoms with Gasteiger partial charge in [-0.15, -0.1) is 0 Å². The number of nitrogens with zero attached hydrogens (tertiary/aromatic N) is 2. The highest BCUT2D eigenvalue weighted by atomic mass is 35.5. The smallest absolute Gasteiger partial charge is 0.119 e. The lowest BCUT2D eigenvalue weighted by Crippen LogP contribution is -2.46. The molecule has 4 heteroatoms. The third-order valence-corrected chi connectivity index (χ3v) is 6.17. The first-order valence-corrected chi connectivity index (χ1v) is 10.7. The fourth-order valence-corrected chi connectivity index (χ4v) is 4.53. The molecule has 1 aliphatic heterocycles. The van der Waals surface area contributed by atoms with Crippen LogP contribution < -0.4 is 9.64 Å². The van der Waals surface area contributed by atoms with Crippen molar-refractivity contribution in [1.82, 2.24) is 4.90 Å². The summed E-state index contributed by atoms with van der Waals surface area (Å²) in [5, 5.41) is 0.817. The van der Waals surface area contributed by atoms with Gasteiger partial charge in [0.15, 0.2) is 0 Å². The quantitative estimate of drug-likeness (QED) is 0.660. The van der Waals surface area contributed by atoms with Gasteiger partial charge in [0.2, 0.25) is 0 Å². The molecule has 2 aromatic carbocycles. The molecule has 28 heavy (non-hydrogen) atoms. The summed E-state index contributed by atoms with van der Waals surface area (Å²) in [4.78, 5) is 5.03. The normalized spacial score (nSPS) is 17.2. The Labute approximate surface area is 173 Å². The van der Waals surface area contributed by atoms with Crippen molar-refractivity contribution >= 4 is 22.9 Å². The number of allylic oxidation sites excluding steroid dienone is 2. The van der Waals surface area contributed by atoms with E-state index < -0.39 is 0 Å². The van der Waals surface area contributed by atoms with Crippen molar-refractivity contribution in [3.05, 3.63) is 64.7 Å². The van der Waals surface area contributed by atoms with Gasteiger partial charge in [0.05, 0.1) is 7.11 Å². The molecule has 1 aliphatic carbocycles. The van der Waals surface area contributed by atoms with Crippen molar-refractivity contribution in [2.45, 2.75) is 25.7 Å². The number of fused-ring (bicyclic) bond motifs is 1. The molecule has 3 nitrogen and oxygen atoms in total. The first-order chi connectivity index (χ1) is 13.7. The van der Waals surface area contributed by atoms with Crippen LogP contribution in [0.3, 0.4) is 0 Å². The van der Waals surface area contributed by atoms with E-state index in [0.29, 0.717) is 0 Å². The minimum Gasteiger partial charge on any atom is -0.497 e. The molecule has 0 unspecified atom stereocenters. The highest BCUT2D eigenvalue weighted by molar-refractivity contribution is 6.30. The minimum absolute atomic E-state index is 0.817. The maximum atomic E-state index is 6.14. The van der Waals surface area contributed by atoms with Gasteiger partial charge in [-0.25, -0.2) is 0 Å². The van der Waals surface area contributed by atoms with E-state index in [9.17, 15) is 0 Å². The van der Waals surface area contributed by atoms with Crippen LogP contribution in [-0.2, 0) is 6.42 Å². The van der Waals surface area contributed by atoms with E-state index in [0.717, 1.165) is 56.2 Å². The van der Waals surface area contributed by atoms with Crippen LogP contribution in [0.5, 0.6) is 5.75 Å². The van der Waals surface area contributed by atoms with Gasteiger partial charge in [-0.3, -0.25) is 4.90 Å². The molecule has 1 saturated heterocycles. The van der Waals surface area contributed by atoms with E-state index in [-0.39, 0.29) is 0 Å². The lowest BCUT2D eigenvalue weighted by Gasteiger charge is -2.36. The van der Waals surface area contributed by atoms with E-state index in [4.69, 9.17) is 16.3 Å². The lowest BCUT2D eigenvalue weighted by atomic mass is 9.88. The Bertz CT molecular complexity index is 840. The zero-order valence-corrected chi connectivity index (χ0v) is 17.4. The van der Waals surface area contributed by atoms with Crippen molar-refractivity contribution < 1.29 is 4.74 Å². The molecule has 1 heterocycles. The molecule has 0 atom stereocenters. The highest BCUT2D eigenvalue weighted by Gasteiger charge is 2.18. The van der Waals surface area contributed by atoms with Crippen molar-refractivity contribution in [1.29, 1.82) is 0 Å². The molecule has 0 amide bonds. The zero-order chi connectivity index (χ0) is 19.3. The van der Waals surface area contributed by atoms with Crippen molar-refractivity contribution in [3.63, 3.8) is 0 Å². The van der Waals surface area contributed by atoms with Gasteiger partial charge < -0.3 is 9.64 Å². The number of methoxy groups -OCH3 is 1. The molecule has 0 aromatic heterocycles. The lowest BCUT2D eigenvalue weighted by molar-refractivity contribution is 0.256. The molecule has 2 aliphatic rings. The number of halogens is 1. The van der Waals surface area contributed by atoms with Gasteiger partial charge in [0.25, 0.3) is 0 Å². The number of ether oxygens (including phenoxy) is 1. The molecule has 0 saturated carbocycles. The summed E-state index contributed by atoms with van der Waals surface area (Å²) in [6, 6.07) is 14.7. The summed E-state index contributed by atoms with van der Waals surface area (Å²) < 4.78 is 5.43. The Hall–Kier alpha value is -1.97. The fraction of sp³-hybridized carbons (Fsp3) is 0.417. The number of hydrogen-bond donors (Lipinski definition) is 0. The minimum atomic E-state index is 0.817. The molecular weight excluding hydrogens is 368 g/mol. The Balaban J connectivity index is 1.27. The van der Waals surface area contributed by atoms with Crippen LogP contribution in [0.2, 0.25) is 5.02 Å². The van der Waals surface area contributed by atoms with Crippen LogP contribution in [-0.4, -0.2) is 44.7 Å². The van der Waals surface area contributed by atoms with E-state index in [1.54, 1.807) is 7.11 Å². The summed E-state index contributed by atoms with van der Waals surface area (Å²) in [5.41, 5.74) is 5.60. The van der Waals surface area contributed by atoms with Crippen LogP contribution in [0.15, 0.2) is 48.5 Å². The molecule has 0 N–H and O–H groups in total. The van der Waals surface area contributed by atoms with Crippen molar-refractivity contribution in [3.8, 4) is 5.75 Å². The average molecular weight is 397 g/mol. The highest BCUT2D eigenvalue weighted by Crippen LogP contribution is 2.32. The van der Waals surface area contributed by atoms with E-state index in [1.165, 1.54) is 35.4 Å². The number of anilines is 1. The predicted molar refractivity (Wildman–Crippen MR) is 119 cm³/mol. The van der Waals surface area contributed by atoms with Crippen LogP contribution in [0.25, 0.3) is 5.57 Å². The van der Waals surface area contributed by atoms with E-state index in [2.05, 4.69) is 46.2 Å². The van der Waals surface area contributed by atoms with Crippen molar-refractivity contribution in [2.75, 3.05) is 44.7 Å². The average Bonchev–Trinajstić information content (AvgIpc) is 2.74. The summed E-state index contributed by atoms with van der Waals surface area (Å²) in [6.45, 7) is 5.55. The maximum Gasteiger partial charge on any atom is 0.119 e. The van der Waals surface area contributed by atoms with Crippen LogP contribution in [0, 0.1) is 0 Å². The summed E-state index contributed by atoms with van der Waals surface area (Å²) in [5.74, 6) is 0.962. The number of benzene rings is 2. The van der Waals surface area contributed by atoms with Crippen LogP contribution in [0.1, 0.15) is 30.4 Å². The Morgan fingerprint density at radius 1 is 1.04 bits per heavy atom. The predicted octanol–water partition coefficient (Wildman–Crippen LogP) is 5.28. The topological polar surface area (TPSA) is 15.7 Å². The van der Waals surface area contributed by atoms with Crippen molar-refractivity contribution in [2.24, 2.45) is 0 Å². The molecule has 0 bridgehead atoms. The maximum absolute atomic E-state index is 6.14. The Morgan fingerprint density at radius 2 is 1.89 bits per heavy atom. The molecule has 0 spiro atoms. The van der Waals surface area contributed by atoms with E-state index >= 15 is 0 Å². The molecule has 2 aromatic rings. The van der Waals surface area contributed by atoms with Gasteiger partial charge in [0.1, 0.15) is 5.75 Å². The number of aryl methyl sites for hydroxylation is 1. The summed E-state index contributed by atoms with van der Waals surface area (Å²) in [6.07, 6.45) is 7.09. The van der Waals surface area contributed by atoms with Gasteiger partial charge in [-0.05, 0) is 79.3 Å². The second-order valence-corrected chi connectivity index (χ2v) is 8.14. The second kappa shape index (κ2) is 9.02. The number of piperazine rings is 1. The standard InChI is InChI=1S/C24H29ClN2O/c1-28-23-11-10-20-6-2-5-19(24(20)18-23)7-4-12-26-13-15-27(16-14-26)22-9-3-8-21(25)17-22/h3,5,8-11,17-18H,2,4,6-7,12-16H2,1H3. The molecule has 1 fully saturated rings. The largest absolute Gasteiger partial charge is 0.497 e. The molecule has 0 radical (unpaired) electrons. The molecule has 148 valence electrons. The summed E-state index contributed by atoms with van der Waals surface area (Å²) in [7, 11) is 1.75. The number of rotatable bonds is 6. The second-order valence-electron chi connectivity index (χ2n) is 7.70. The Kier molecular flexibility index (Phi) is 6.23. The SMILES string of the molecule is COc1ccc2c(c1)C(CCCN1CCN(c3cccc(Cl)c3)CC1)=CCC2. The first kappa shape index (κ1) is 19.4. The third kappa shape index (κ3) is 4.53. The zero-order valence-electron chi connectivity index (χ0n) is 16.7. The number of hydrogen-bond acceptors (Lipinski definition) is 3. The first-order valence-electron chi connectivity index (χ1n) is 10.3. The summed E-state index contributed by atoms with van der Waals surface area (Å²) >= 11 is 6.14. The fourth-order valence-electron chi connectivity index (χ4n) is 4.34.